The van der Waals surface area contributed by atoms with Gasteiger partial charge in [0.2, 0.25) is 0 Å². The van der Waals surface area contributed by atoms with E-state index in [4.69, 9.17) is 15.3 Å². The van der Waals surface area contributed by atoms with Crippen LogP contribution in [0.4, 0.5) is 0 Å². The molecular weight excluding hydrogens is 252 g/mol. The van der Waals surface area contributed by atoms with Gasteiger partial charge < -0.3 is 9.47 Å². The molecule has 4 nitrogen and oxygen atoms in total. The van der Waals surface area contributed by atoms with Gasteiger partial charge in [-0.1, -0.05) is 27.7 Å². The summed E-state index contributed by atoms with van der Waals surface area (Å²) in [7, 11) is 0. The lowest BCUT2D eigenvalue weighted by molar-refractivity contribution is -0.104. The van der Waals surface area contributed by atoms with Crippen molar-refractivity contribution < 1.29 is 9.47 Å². The maximum atomic E-state index is 6.03. The largest absolute Gasteiger partial charge is 0.378 e. The van der Waals surface area contributed by atoms with E-state index in [1.807, 2.05) is 0 Å². The van der Waals surface area contributed by atoms with Crippen molar-refractivity contribution >= 4 is 0 Å². The van der Waals surface area contributed by atoms with E-state index >= 15 is 0 Å². The van der Waals surface area contributed by atoms with Crippen molar-refractivity contribution in [1.29, 1.82) is 0 Å². The second kappa shape index (κ2) is 6.30. The first-order chi connectivity index (χ1) is 9.36. The van der Waals surface area contributed by atoms with Gasteiger partial charge in [0.1, 0.15) is 0 Å². The van der Waals surface area contributed by atoms with Gasteiger partial charge in [0.05, 0.1) is 12.2 Å². The minimum atomic E-state index is -0.0248. The van der Waals surface area contributed by atoms with Gasteiger partial charge in [-0.05, 0) is 36.5 Å². The van der Waals surface area contributed by atoms with Crippen LogP contribution in [0.3, 0.4) is 0 Å². The zero-order chi connectivity index (χ0) is 14.8. The average Bonchev–Trinajstić information content (AvgIpc) is 2.82. The lowest BCUT2D eigenvalue weighted by atomic mass is 9.73. The highest BCUT2D eigenvalue weighted by atomic mass is 16.6. The van der Waals surface area contributed by atoms with E-state index in [-0.39, 0.29) is 5.60 Å². The summed E-state index contributed by atoms with van der Waals surface area (Å²) in [6, 6.07) is 0.380. The quantitative estimate of drug-likeness (QED) is 0.615. The molecule has 0 aromatic carbocycles. The molecule has 2 aliphatic rings. The number of nitrogens with one attached hydrogen (secondary N) is 1. The first-order valence-electron chi connectivity index (χ1n) is 8.04. The standard InChI is InChI=1S/C16H32N2O2/c1-12(15(2,3)4)9-14(18-17)13-5-7-20-16(10-13)6-8-19-11-16/h12-14,18H,5-11,17H2,1-4H3. The van der Waals surface area contributed by atoms with Gasteiger partial charge in [0.25, 0.3) is 0 Å². The predicted octanol–water partition coefficient (Wildman–Crippen LogP) is 2.48. The third-order valence-electron chi connectivity index (χ3n) is 5.47. The number of rotatable bonds is 4. The molecule has 0 aromatic heterocycles. The lowest BCUT2D eigenvalue weighted by Crippen LogP contribution is -2.50. The van der Waals surface area contributed by atoms with Crippen LogP contribution in [-0.2, 0) is 9.47 Å². The molecule has 3 N–H and O–H groups in total. The van der Waals surface area contributed by atoms with Gasteiger partial charge in [-0.15, -0.1) is 0 Å². The fourth-order valence-corrected chi connectivity index (χ4v) is 3.40. The van der Waals surface area contributed by atoms with Gasteiger partial charge in [0.15, 0.2) is 0 Å². The maximum Gasteiger partial charge on any atom is 0.0939 e. The molecule has 2 saturated heterocycles. The highest BCUT2D eigenvalue weighted by molar-refractivity contribution is 4.94. The Morgan fingerprint density at radius 1 is 1.35 bits per heavy atom. The highest BCUT2D eigenvalue weighted by Crippen LogP contribution is 2.39. The van der Waals surface area contributed by atoms with Gasteiger partial charge in [-0.25, -0.2) is 0 Å². The summed E-state index contributed by atoms with van der Waals surface area (Å²) < 4.78 is 11.6. The Morgan fingerprint density at radius 3 is 2.65 bits per heavy atom. The van der Waals surface area contributed by atoms with Crippen LogP contribution in [-0.4, -0.2) is 31.5 Å². The van der Waals surface area contributed by atoms with Gasteiger partial charge in [0, 0.05) is 25.7 Å². The molecule has 4 unspecified atom stereocenters. The van der Waals surface area contributed by atoms with Crippen LogP contribution in [0.15, 0.2) is 0 Å². The third-order valence-corrected chi connectivity index (χ3v) is 5.47. The smallest absolute Gasteiger partial charge is 0.0939 e. The summed E-state index contributed by atoms with van der Waals surface area (Å²) in [5.41, 5.74) is 3.39. The molecule has 0 amide bonds. The molecule has 4 atom stereocenters. The van der Waals surface area contributed by atoms with E-state index in [0.29, 0.717) is 23.3 Å². The monoisotopic (exact) mass is 284 g/mol. The summed E-state index contributed by atoms with van der Waals surface area (Å²) in [6.07, 6.45) is 4.35. The molecule has 0 aromatic rings. The van der Waals surface area contributed by atoms with E-state index in [2.05, 4.69) is 33.1 Å². The number of nitrogens with two attached hydrogens (primary N) is 1. The van der Waals surface area contributed by atoms with Crippen molar-refractivity contribution in [1.82, 2.24) is 5.43 Å². The van der Waals surface area contributed by atoms with Crippen LogP contribution in [0.1, 0.15) is 53.4 Å². The molecule has 2 heterocycles. The molecule has 20 heavy (non-hydrogen) atoms. The highest BCUT2D eigenvalue weighted by Gasteiger charge is 2.43. The number of ether oxygens (including phenoxy) is 2. The summed E-state index contributed by atoms with van der Waals surface area (Å²) in [5, 5.41) is 0. The van der Waals surface area contributed by atoms with Crippen molar-refractivity contribution in [3.63, 3.8) is 0 Å². The summed E-state index contributed by atoms with van der Waals surface area (Å²) in [5.74, 6) is 7.10. The Balaban J connectivity index is 1.96. The molecule has 0 saturated carbocycles. The van der Waals surface area contributed by atoms with Crippen molar-refractivity contribution in [2.24, 2.45) is 23.1 Å². The molecule has 0 radical (unpaired) electrons. The van der Waals surface area contributed by atoms with Crippen molar-refractivity contribution in [2.75, 3.05) is 19.8 Å². The Kier molecular flexibility index (Phi) is 5.11. The second-order valence-corrected chi connectivity index (χ2v) is 7.86. The van der Waals surface area contributed by atoms with Crippen LogP contribution < -0.4 is 11.3 Å². The molecular formula is C16H32N2O2. The van der Waals surface area contributed by atoms with Crippen LogP contribution >= 0.6 is 0 Å². The number of hydrazine groups is 1. The first-order valence-corrected chi connectivity index (χ1v) is 8.04. The van der Waals surface area contributed by atoms with Crippen molar-refractivity contribution in [3.8, 4) is 0 Å². The van der Waals surface area contributed by atoms with Crippen molar-refractivity contribution in [3.05, 3.63) is 0 Å². The Hall–Kier alpha value is -0.160. The fraction of sp³-hybridized carbons (Fsp3) is 1.00. The molecule has 0 aliphatic carbocycles. The van der Waals surface area contributed by atoms with E-state index in [0.717, 1.165) is 45.5 Å². The topological polar surface area (TPSA) is 56.5 Å². The predicted molar refractivity (Wildman–Crippen MR) is 81.2 cm³/mol. The van der Waals surface area contributed by atoms with Gasteiger partial charge in [-0.2, -0.15) is 0 Å². The number of hydrogen-bond donors (Lipinski definition) is 2. The van der Waals surface area contributed by atoms with Gasteiger partial charge in [-0.3, -0.25) is 11.3 Å². The van der Waals surface area contributed by atoms with Crippen molar-refractivity contribution in [2.45, 2.75) is 65.0 Å². The van der Waals surface area contributed by atoms with Crippen LogP contribution in [0.25, 0.3) is 0 Å². The Morgan fingerprint density at radius 2 is 2.10 bits per heavy atom. The van der Waals surface area contributed by atoms with E-state index in [1.54, 1.807) is 0 Å². The molecule has 0 bridgehead atoms. The summed E-state index contributed by atoms with van der Waals surface area (Å²) in [6.45, 7) is 11.7. The molecule has 1 spiro atoms. The Labute approximate surface area is 123 Å². The van der Waals surface area contributed by atoms with Gasteiger partial charge >= 0.3 is 0 Å². The molecule has 2 fully saturated rings. The zero-order valence-electron chi connectivity index (χ0n) is 13.6. The van der Waals surface area contributed by atoms with E-state index in [9.17, 15) is 0 Å². The average molecular weight is 284 g/mol. The molecule has 2 rings (SSSR count). The fourth-order valence-electron chi connectivity index (χ4n) is 3.40. The zero-order valence-corrected chi connectivity index (χ0v) is 13.6. The first kappa shape index (κ1) is 16.2. The summed E-state index contributed by atoms with van der Waals surface area (Å²) >= 11 is 0. The van der Waals surface area contributed by atoms with E-state index < -0.39 is 0 Å². The minimum absolute atomic E-state index is 0.0248. The van der Waals surface area contributed by atoms with Crippen LogP contribution in [0.2, 0.25) is 0 Å². The molecule has 2 aliphatic heterocycles. The number of hydrogen-bond acceptors (Lipinski definition) is 4. The SMILES string of the molecule is CC(CC(NN)C1CCOC2(CCOC2)C1)C(C)(C)C. The third kappa shape index (κ3) is 3.73. The maximum absolute atomic E-state index is 6.03. The van der Waals surface area contributed by atoms with Crippen LogP contribution in [0.5, 0.6) is 0 Å². The lowest BCUT2D eigenvalue weighted by Gasteiger charge is -2.41. The normalized spacial score (nSPS) is 34.4. The molecule has 4 heteroatoms. The summed E-state index contributed by atoms with van der Waals surface area (Å²) in [4.78, 5) is 0. The Bertz CT molecular complexity index is 308. The molecule has 118 valence electrons. The minimum Gasteiger partial charge on any atom is -0.378 e. The van der Waals surface area contributed by atoms with Crippen LogP contribution in [0, 0.1) is 17.3 Å². The second-order valence-electron chi connectivity index (χ2n) is 7.86. The van der Waals surface area contributed by atoms with E-state index in [1.165, 1.54) is 0 Å².